The van der Waals surface area contributed by atoms with Crippen LogP contribution in [0.25, 0.3) is 0 Å². The maximum Gasteiger partial charge on any atom is 0.237 e. The molecule has 1 aromatic rings. The number of halogens is 1. The number of rotatable bonds is 5. The molecule has 1 N–H and O–H groups in total. The molecule has 0 spiro atoms. The van der Waals surface area contributed by atoms with Gasteiger partial charge in [-0.1, -0.05) is 18.5 Å². The molecule has 1 aliphatic heterocycles. The largest absolute Gasteiger partial charge is 0.473 e. The molecule has 0 bridgehead atoms. The molecule has 0 atom stereocenters. The molecule has 0 radical (unpaired) electrons. The van der Waals surface area contributed by atoms with Gasteiger partial charge in [0.15, 0.2) is 0 Å². The minimum atomic E-state index is 0.197. The predicted octanol–water partition coefficient (Wildman–Crippen LogP) is 2.42. The van der Waals surface area contributed by atoms with Crippen LogP contribution >= 0.6 is 11.6 Å². The molecule has 1 aromatic heterocycles. The second-order valence-electron chi connectivity index (χ2n) is 4.89. The SMILES string of the molecule is CCCNc1ncc(Cl)c(OC2CCN(C)CC2)n1. The van der Waals surface area contributed by atoms with Crippen LogP contribution in [-0.4, -0.2) is 47.7 Å². The summed E-state index contributed by atoms with van der Waals surface area (Å²) in [4.78, 5) is 10.8. The van der Waals surface area contributed by atoms with Crippen molar-refractivity contribution >= 4 is 17.5 Å². The average Bonchev–Trinajstić information content (AvgIpc) is 2.42. The number of ether oxygens (including phenoxy) is 1. The van der Waals surface area contributed by atoms with Crippen molar-refractivity contribution < 1.29 is 4.74 Å². The molecule has 2 rings (SSSR count). The van der Waals surface area contributed by atoms with Gasteiger partial charge < -0.3 is 15.0 Å². The number of hydrogen-bond acceptors (Lipinski definition) is 5. The lowest BCUT2D eigenvalue weighted by atomic mass is 10.1. The summed E-state index contributed by atoms with van der Waals surface area (Å²) in [5.74, 6) is 1.07. The monoisotopic (exact) mass is 284 g/mol. The first-order chi connectivity index (χ1) is 9.19. The van der Waals surface area contributed by atoms with Crippen LogP contribution in [-0.2, 0) is 0 Å². The number of nitrogens with one attached hydrogen (secondary N) is 1. The third kappa shape index (κ3) is 4.21. The summed E-state index contributed by atoms with van der Waals surface area (Å²) in [6, 6.07) is 0. The van der Waals surface area contributed by atoms with Gasteiger partial charge in [0.2, 0.25) is 11.8 Å². The van der Waals surface area contributed by atoms with Gasteiger partial charge in [0.05, 0.1) is 6.20 Å². The smallest absolute Gasteiger partial charge is 0.237 e. The number of aromatic nitrogens is 2. The van der Waals surface area contributed by atoms with Gasteiger partial charge in [-0.15, -0.1) is 0 Å². The fraction of sp³-hybridized carbons (Fsp3) is 0.692. The molecule has 2 heterocycles. The van der Waals surface area contributed by atoms with Crippen molar-refractivity contribution in [1.29, 1.82) is 0 Å². The van der Waals surface area contributed by atoms with Crippen molar-refractivity contribution in [3.05, 3.63) is 11.2 Å². The molecule has 0 aromatic carbocycles. The Bertz CT molecular complexity index is 408. The summed E-state index contributed by atoms with van der Waals surface area (Å²) < 4.78 is 5.91. The number of nitrogens with zero attached hydrogens (tertiary/aromatic N) is 3. The van der Waals surface area contributed by atoms with E-state index in [0.29, 0.717) is 16.9 Å². The van der Waals surface area contributed by atoms with E-state index in [1.807, 2.05) is 0 Å². The van der Waals surface area contributed by atoms with Crippen LogP contribution in [0, 0.1) is 0 Å². The molecule has 1 saturated heterocycles. The average molecular weight is 285 g/mol. The lowest BCUT2D eigenvalue weighted by Crippen LogP contribution is -2.35. The molecular formula is C13H21ClN4O. The summed E-state index contributed by atoms with van der Waals surface area (Å²) in [5, 5.41) is 3.61. The maximum absolute atomic E-state index is 6.09. The fourth-order valence-electron chi connectivity index (χ4n) is 2.02. The fourth-order valence-corrected chi connectivity index (χ4v) is 2.15. The van der Waals surface area contributed by atoms with Gasteiger partial charge in [-0.3, -0.25) is 0 Å². The molecule has 1 fully saturated rings. The number of hydrogen-bond donors (Lipinski definition) is 1. The Hall–Kier alpha value is -1.07. The zero-order chi connectivity index (χ0) is 13.7. The molecule has 1 aliphatic rings. The molecule has 0 amide bonds. The van der Waals surface area contributed by atoms with Gasteiger partial charge in [0.1, 0.15) is 11.1 Å². The van der Waals surface area contributed by atoms with Gasteiger partial charge in [-0.25, -0.2) is 4.98 Å². The van der Waals surface area contributed by atoms with E-state index in [0.717, 1.165) is 38.9 Å². The summed E-state index contributed by atoms with van der Waals surface area (Å²) in [7, 11) is 2.13. The van der Waals surface area contributed by atoms with Gasteiger partial charge in [0.25, 0.3) is 0 Å². The Morgan fingerprint density at radius 3 is 2.89 bits per heavy atom. The first-order valence-electron chi connectivity index (χ1n) is 6.80. The van der Waals surface area contributed by atoms with E-state index >= 15 is 0 Å². The second kappa shape index (κ2) is 6.91. The van der Waals surface area contributed by atoms with Crippen LogP contribution in [0.4, 0.5) is 5.95 Å². The van der Waals surface area contributed by atoms with E-state index < -0.39 is 0 Å². The van der Waals surface area contributed by atoms with E-state index in [9.17, 15) is 0 Å². The van der Waals surface area contributed by atoms with E-state index in [2.05, 4.69) is 34.2 Å². The van der Waals surface area contributed by atoms with Gasteiger partial charge in [-0.05, 0) is 26.3 Å². The number of likely N-dealkylation sites (tertiary alicyclic amines) is 1. The molecule has 5 nitrogen and oxygen atoms in total. The minimum Gasteiger partial charge on any atom is -0.473 e. The van der Waals surface area contributed by atoms with Crippen molar-refractivity contribution in [2.45, 2.75) is 32.3 Å². The highest BCUT2D eigenvalue weighted by atomic mass is 35.5. The summed E-state index contributed by atoms with van der Waals surface area (Å²) in [6.07, 6.45) is 4.83. The quantitative estimate of drug-likeness (QED) is 0.900. The second-order valence-corrected chi connectivity index (χ2v) is 5.30. The predicted molar refractivity (Wildman–Crippen MR) is 77.0 cm³/mol. The Morgan fingerprint density at radius 1 is 1.47 bits per heavy atom. The van der Waals surface area contributed by atoms with Crippen molar-refractivity contribution in [1.82, 2.24) is 14.9 Å². The van der Waals surface area contributed by atoms with E-state index in [-0.39, 0.29) is 6.10 Å². The van der Waals surface area contributed by atoms with Crippen LogP contribution in [0.1, 0.15) is 26.2 Å². The molecular weight excluding hydrogens is 264 g/mol. The normalized spacial score (nSPS) is 17.4. The van der Waals surface area contributed by atoms with E-state index in [4.69, 9.17) is 16.3 Å². The van der Waals surface area contributed by atoms with Crippen LogP contribution in [0.15, 0.2) is 6.20 Å². The lowest BCUT2D eigenvalue weighted by molar-refractivity contribution is 0.110. The van der Waals surface area contributed by atoms with Crippen LogP contribution < -0.4 is 10.1 Å². The third-order valence-electron chi connectivity index (χ3n) is 3.19. The Balaban J connectivity index is 1.98. The molecule has 6 heteroatoms. The van der Waals surface area contributed by atoms with Crippen molar-refractivity contribution in [2.75, 3.05) is 32.0 Å². The highest BCUT2D eigenvalue weighted by Gasteiger charge is 2.20. The highest BCUT2D eigenvalue weighted by molar-refractivity contribution is 6.31. The zero-order valence-corrected chi connectivity index (χ0v) is 12.3. The summed E-state index contributed by atoms with van der Waals surface area (Å²) in [5.41, 5.74) is 0. The summed E-state index contributed by atoms with van der Waals surface area (Å²) >= 11 is 6.09. The lowest BCUT2D eigenvalue weighted by Gasteiger charge is -2.29. The summed E-state index contributed by atoms with van der Waals surface area (Å²) in [6.45, 7) is 5.04. The molecule has 19 heavy (non-hydrogen) atoms. The van der Waals surface area contributed by atoms with Crippen LogP contribution in [0.2, 0.25) is 5.02 Å². The third-order valence-corrected chi connectivity index (χ3v) is 3.45. The molecule has 0 saturated carbocycles. The standard InChI is InChI=1S/C13H21ClN4O/c1-3-6-15-13-16-9-11(14)12(17-13)19-10-4-7-18(2)8-5-10/h9-10H,3-8H2,1-2H3,(H,15,16,17). The van der Waals surface area contributed by atoms with Crippen molar-refractivity contribution in [2.24, 2.45) is 0 Å². The molecule has 0 unspecified atom stereocenters. The van der Waals surface area contributed by atoms with E-state index in [1.54, 1.807) is 6.20 Å². The topological polar surface area (TPSA) is 50.3 Å². The Morgan fingerprint density at radius 2 is 2.21 bits per heavy atom. The van der Waals surface area contributed by atoms with Gasteiger partial charge in [-0.2, -0.15) is 4.98 Å². The minimum absolute atomic E-state index is 0.197. The number of anilines is 1. The molecule has 0 aliphatic carbocycles. The van der Waals surface area contributed by atoms with Crippen molar-refractivity contribution in [3.63, 3.8) is 0 Å². The van der Waals surface area contributed by atoms with Crippen LogP contribution in [0.3, 0.4) is 0 Å². The van der Waals surface area contributed by atoms with Crippen LogP contribution in [0.5, 0.6) is 5.88 Å². The van der Waals surface area contributed by atoms with E-state index in [1.165, 1.54) is 0 Å². The Labute approximate surface area is 119 Å². The van der Waals surface area contributed by atoms with Crippen molar-refractivity contribution in [3.8, 4) is 5.88 Å². The first kappa shape index (κ1) is 14.3. The first-order valence-corrected chi connectivity index (χ1v) is 7.18. The number of piperidine rings is 1. The zero-order valence-electron chi connectivity index (χ0n) is 11.5. The maximum atomic E-state index is 6.09. The molecule has 106 valence electrons. The van der Waals surface area contributed by atoms with Gasteiger partial charge >= 0.3 is 0 Å². The highest BCUT2D eigenvalue weighted by Crippen LogP contribution is 2.25. The van der Waals surface area contributed by atoms with Gasteiger partial charge in [0, 0.05) is 19.6 Å². The Kier molecular flexibility index (Phi) is 5.22.